The Morgan fingerprint density at radius 2 is 1.79 bits per heavy atom. The number of carbonyl (C=O) groups excluding carboxylic acids is 1. The molecule has 7 nitrogen and oxygen atoms in total. The van der Waals surface area contributed by atoms with Crippen molar-refractivity contribution in [2.24, 2.45) is 0 Å². The van der Waals surface area contributed by atoms with E-state index in [4.69, 9.17) is 25.5 Å². The third kappa shape index (κ3) is 13.4. The van der Waals surface area contributed by atoms with Gasteiger partial charge in [-0.1, -0.05) is 12.6 Å². The average molecular weight is 326 g/mol. The molecular formula is C9H19NaO7S2. The van der Waals surface area contributed by atoms with E-state index in [0.717, 1.165) is 0 Å². The van der Waals surface area contributed by atoms with Crippen molar-refractivity contribution in [2.75, 3.05) is 13.2 Å². The Bertz CT molecular complexity index is 245. The Morgan fingerprint density at radius 3 is 2.00 bits per heavy atom. The van der Waals surface area contributed by atoms with Crippen LogP contribution in [0, 0.1) is 0 Å². The maximum absolute atomic E-state index is 9.90. The summed E-state index contributed by atoms with van der Waals surface area (Å²) in [5.41, 5.74) is 0. The molecule has 0 radical (unpaired) electrons. The van der Waals surface area contributed by atoms with Crippen molar-refractivity contribution in [1.29, 1.82) is 0 Å². The number of thiocarbonyl (C=S) groups is 1. The first kappa shape index (κ1) is 24.7. The molecule has 10 heteroatoms. The molecule has 4 atom stereocenters. The second kappa shape index (κ2) is 15.1. The Balaban J connectivity index is -0.000000313. The molecule has 0 saturated carbocycles. The van der Waals surface area contributed by atoms with Crippen molar-refractivity contribution in [3.63, 3.8) is 0 Å². The van der Waals surface area contributed by atoms with E-state index in [0.29, 0.717) is 11.0 Å². The molecule has 0 fully saturated rings. The number of ether oxygens (including phenoxy) is 1. The normalized spacial score (nSPS) is 15.7. The van der Waals surface area contributed by atoms with Crippen LogP contribution in [0.25, 0.3) is 0 Å². The summed E-state index contributed by atoms with van der Waals surface area (Å²) in [4.78, 5) is 9.90. The van der Waals surface area contributed by atoms with Gasteiger partial charge in [-0.2, -0.15) is 0 Å². The molecule has 0 unspecified atom stereocenters. The van der Waals surface area contributed by atoms with E-state index >= 15 is 0 Å². The Kier molecular flexibility index (Phi) is 19.6. The fraction of sp³-hybridized carbons (Fsp3) is 0.778. The first-order valence-corrected chi connectivity index (χ1v) is 5.81. The van der Waals surface area contributed by atoms with Crippen molar-refractivity contribution >= 4 is 65.1 Å². The van der Waals surface area contributed by atoms with Crippen LogP contribution in [-0.2, 0) is 9.53 Å². The van der Waals surface area contributed by atoms with E-state index in [-0.39, 0.29) is 35.8 Å². The van der Waals surface area contributed by atoms with Crippen LogP contribution in [0.15, 0.2) is 0 Å². The van der Waals surface area contributed by atoms with E-state index in [2.05, 4.69) is 29.6 Å². The summed E-state index contributed by atoms with van der Waals surface area (Å²) in [6.45, 7) is 1.72. The topological polar surface area (TPSA) is 127 Å². The van der Waals surface area contributed by atoms with Gasteiger partial charge in [0, 0.05) is 0 Å². The Hall–Kier alpha value is 0.710. The van der Waals surface area contributed by atoms with E-state index in [1.54, 1.807) is 0 Å². The van der Waals surface area contributed by atoms with Crippen LogP contribution in [0.5, 0.6) is 0 Å². The molecule has 110 valence electrons. The van der Waals surface area contributed by atoms with E-state index < -0.39 is 31.0 Å². The summed E-state index contributed by atoms with van der Waals surface area (Å²) < 4.78 is 4.95. The second-order valence-corrected chi connectivity index (χ2v) is 4.14. The van der Waals surface area contributed by atoms with Gasteiger partial charge in [-0.15, -0.1) is 0 Å². The van der Waals surface area contributed by atoms with Gasteiger partial charge in [0.15, 0.2) is 6.29 Å². The van der Waals surface area contributed by atoms with Gasteiger partial charge in [0.2, 0.25) is 4.38 Å². The summed E-state index contributed by atoms with van der Waals surface area (Å²) in [6.07, 6.45) is -6.84. The van der Waals surface area contributed by atoms with Crippen LogP contribution in [0.3, 0.4) is 0 Å². The molecule has 5 N–H and O–H groups in total. The molecule has 0 aromatic carbocycles. The van der Waals surface area contributed by atoms with Crippen LogP contribution < -0.4 is 0 Å². The summed E-state index contributed by atoms with van der Waals surface area (Å²) in [5.74, 6) is 0. The molecular weight excluding hydrogens is 307 g/mol. The SMILES string of the molecule is CCOC(=S)S.O=C[C@H](O)[C@@H](O)[C@H](O)[C@H](O)CO.[NaH]. The van der Waals surface area contributed by atoms with Gasteiger partial charge in [0.25, 0.3) is 0 Å². The van der Waals surface area contributed by atoms with Gasteiger partial charge in [-0.25, -0.2) is 0 Å². The maximum atomic E-state index is 9.90. The first-order valence-electron chi connectivity index (χ1n) is 4.95. The second-order valence-electron chi connectivity index (χ2n) is 3.06. The first-order chi connectivity index (χ1) is 8.31. The molecule has 19 heavy (non-hydrogen) atoms. The summed E-state index contributed by atoms with van der Waals surface area (Å²) in [5, 5.41) is 43.5. The van der Waals surface area contributed by atoms with Crippen molar-refractivity contribution in [2.45, 2.75) is 31.3 Å². The zero-order valence-electron chi connectivity index (χ0n) is 9.71. The molecule has 0 aliphatic carbocycles. The molecule has 0 aliphatic heterocycles. The van der Waals surface area contributed by atoms with Gasteiger partial charge in [-0.3, -0.25) is 0 Å². The number of hydrogen-bond donors (Lipinski definition) is 6. The molecule has 0 aromatic heterocycles. The number of hydrogen-bond acceptors (Lipinski definition) is 8. The van der Waals surface area contributed by atoms with E-state index in [1.165, 1.54) is 0 Å². The van der Waals surface area contributed by atoms with Crippen LogP contribution >= 0.6 is 24.8 Å². The molecule has 0 rings (SSSR count). The van der Waals surface area contributed by atoms with E-state index in [1.807, 2.05) is 6.92 Å². The zero-order valence-corrected chi connectivity index (χ0v) is 11.4. The minimum atomic E-state index is -1.79. The van der Waals surface area contributed by atoms with E-state index in [9.17, 15) is 4.79 Å². The number of carbonyl (C=O) groups is 1. The summed E-state index contributed by atoms with van der Waals surface area (Å²) in [7, 11) is 0. The fourth-order valence-corrected chi connectivity index (χ4v) is 0.989. The molecule has 0 heterocycles. The van der Waals surface area contributed by atoms with Crippen LogP contribution in [-0.4, -0.2) is 103 Å². The van der Waals surface area contributed by atoms with Crippen molar-refractivity contribution in [3.05, 3.63) is 0 Å². The van der Waals surface area contributed by atoms with Gasteiger partial charge in [-0.05, 0) is 19.1 Å². The number of aldehydes is 1. The predicted molar refractivity (Wildman–Crippen MR) is 77.5 cm³/mol. The van der Waals surface area contributed by atoms with Crippen LogP contribution in [0.4, 0.5) is 0 Å². The van der Waals surface area contributed by atoms with Gasteiger partial charge >= 0.3 is 29.6 Å². The molecule has 0 aromatic rings. The van der Waals surface area contributed by atoms with Gasteiger partial charge in [0.05, 0.1) is 13.2 Å². The number of aliphatic hydroxyl groups is 5. The van der Waals surface area contributed by atoms with Crippen molar-refractivity contribution in [1.82, 2.24) is 0 Å². The van der Waals surface area contributed by atoms with Crippen LogP contribution in [0.1, 0.15) is 6.92 Å². The monoisotopic (exact) mass is 326 g/mol. The van der Waals surface area contributed by atoms with Gasteiger partial charge in [0.1, 0.15) is 24.4 Å². The minimum absolute atomic E-state index is 0. The molecule has 0 aliphatic rings. The number of aliphatic hydroxyl groups excluding tert-OH is 5. The van der Waals surface area contributed by atoms with Gasteiger partial charge < -0.3 is 35.1 Å². The van der Waals surface area contributed by atoms with Crippen molar-refractivity contribution < 1.29 is 35.1 Å². The predicted octanol–water partition coefficient (Wildman–Crippen LogP) is -2.79. The Labute approximate surface area is 144 Å². The average Bonchev–Trinajstić information content (AvgIpc) is 2.35. The molecule has 0 amide bonds. The summed E-state index contributed by atoms with van der Waals surface area (Å²) >= 11 is 8.12. The Morgan fingerprint density at radius 1 is 1.32 bits per heavy atom. The third-order valence-corrected chi connectivity index (χ3v) is 1.94. The van der Waals surface area contributed by atoms with Crippen LogP contribution in [0.2, 0.25) is 0 Å². The number of rotatable bonds is 6. The number of thiol groups is 1. The third-order valence-electron chi connectivity index (χ3n) is 1.69. The standard InChI is InChI=1S/C6H12O6.C3H6OS2.Na.H/c7-1-3(9)5(11)6(12)4(10)2-8;1-2-4-3(5)6;;/h1,3-6,8-12H,2H2;2H2,1H3,(H,5,6);;/t3-,4+,5+,6+;;;/m0.../s1. The quantitative estimate of drug-likeness (QED) is 0.134. The molecule has 0 bridgehead atoms. The zero-order chi connectivity index (χ0) is 14.7. The molecule has 0 saturated heterocycles. The van der Waals surface area contributed by atoms with Crippen molar-refractivity contribution in [3.8, 4) is 0 Å². The fourth-order valence-electron chi connectivity index (χ4n) is 0.742. The summed E-state index contributed by atoms with van der Waals surface area (Å²) in [6, 6.07) is 0. The molecule has 0 spiro atoms.